The zero-order valence-corrected chi connectivity index (χ0v) is 12.8. The van der Waals surface area contributed by atoms with Crippen molar-refractivity contribution in [1.82, 2.24) is 18.8 Å². The first kappa shape index (κ1) is 15.0. The smallest absolute Gasteiger partial charge is 0.262 e. The van der Waals surface area contributed by atoms with Crippen LogP contribution in [0.2, 0.25) is 0 Å². The van der Waals surface area contributed by atoms with Crippen LogP contribution in [0.25, 0.3) is 0 Å². The third kappa shape index (κ3) is 2.71. The van der Waals surface area contributed by atoms with Crippen molar-refractivity contribution < 1.29 is 13.2 Å². The van der Waals surface area contributed by atoms with E-state index < -0.39 is 16.1 Å². The van der Waals surface area contributed by atoms with Crippen LogP contribution in [0.15, 0.2) is 17.6 Å². The standard InChI is InChI=1S/C12H20N4O3S/c1-14(2)12(17)10-6-4-5-7-16(10)20(18,19)11-8-15(3)9-13-11/h8-10H,4-7H2,1-3H3/t10-/m0/s1. The highest BCUT2D eigenvalue weighted by atomic mass is 32.2. The van der Waals surface area contributed by atoms with Gasteiger partial charge in [-0.2, -0.15) is 4.31 Å². The molecule has 0 radical (unpaired) electrons. The van der Waals surface area contributed by atoms with Crippen molar-refractivity contribution in [3.8, 4) is 0 Å². The quantitative estimate of drug-likeness (QED) is 0.790. The second-order valence-corrected chi connectivity index (χ2v) is 7.07. The van der Waals surface area contributed by atoms with Gasteiger partial charge in [-0.1, -0.05) is 6.42 Å². The monoisotopic (exact) mass is 300 g/mol. The van der Waals surface area contributed by atoms with Crippen LogP contribution in [0.3, 0.4) is 0 Å². The SMILES string of the molecule is CN(C)C(=O)[C@@H]1CCCCN1S(=O)(=O)c1cn(C)cn1. The van der Waals surface area contributed by atoms with E-state index in [0.29, 0.717) is 13.0 Å². The Bertz CT molecular complexity index is 594. The molecule has 0 aliphatic carbocycles. The number of nitrogens with zero attached hydrogens (tertiary/aromatic N) is 4. The normalized spacial score (nSPS) is 20.9. The summed E-state index contributed by atoms with van der Waals surface area (Å²) < 4.78 is 28.1. The van der Waals surface area contributed by atoms with E-state index in [1.54, 1.807) is 25.7 Å². The van der Waals surface area contributed by atoms with Crippen LogP contribution in [0, 0.1) is 0 Å². The third-order valence-electron chi connectivity index (χ3n) is 3.43. The first-order chi connectivity index (χ1) is 9.34. The van der Waals surface area contributed by atoms with E-state index in [0.717, 1.165) is 12.8 Å². The maximum absolute atomic E-state index is 12.6. The zero-order valence-electron chi connectivity index (χ0n) is 12.0. The number of hydrogen-bond acceptors (Lipinski definition) is 4. The summed E-state index contributed by atoms with van der Waals surface area (Å²) in [5, 5.41) is -0.00143. The van der Waals surface area contributed by atoms with Gasteiger partial charge in [-0.3, -0.25) is 4.79 Å². The molecule has 20 heavy (non-hydrogen) atoms. The Morgan fingerprint density at radius 2 is 2.10 bits per heavy atom. The van der Waals surface area contributed by atoms with Crippen molar-refractivity contribution in [2.24, 2.45) is 7.05 Å². The van der Waals surface area contributed by atoms with Crippen LogP contribution < -0.4 is 0 Å². The molecule has 0 saturated carbocycles. The molecule has 7 nitrogen and oxygen atoms in total. The highest BCUT2D eigenvalue weighted by molar-refractivity contribution is 7.89. The van der Waals surface area contributed by atoms with E-state index in [9.17, 15) is 13.2 Å². The van der Waals surface area contributed by atoms with Crippen molar-refractivity contribution >= 4 is 15.9 Å². The molecule has 1 atom stereocenters. The molecule has 1 saturated heterocycles. The topological polar surface area (TPSA) is 75.5 Å². The Morgan fingerprint density at radius 3 is 2.65 bits per heavy atom. The lowest BCUT2D eigenvalue weighted by Gasteiger charge is -2.34. The van der Waals surface area contributed by atoms with Crippen LogP contribution >= 0.6 is 0 Å². The number of carbonyl (C=O) groups is 1. The van der Waals surface area contributed by atoms with Crippen LogP contribution in [0.4, 0.5) is 0 Å². The number of hydrogen-bond donors (Lipinski definition) is 0. The van der Waals surface area contributed by atoms with Gasteiger partial charge >= 0.3 is 0 Å². The molecule has 112 valence electrons. The van der Waals surface area contributed by atoms with Crippen molar-refractivity contribution in [3.63, 3.8) is 0 Å². The summed E-state index contributed by atoms with van der Waals surface area (Å²) in [6.07, 6.45) is 5.09. The largest absolute Gasteiger partial charge is 0.347 e. The van der Waals surface area contributed by atoms with E-state index in [-0.39, 0.29) is 10.9 Å². The predicted octanol–water partition coefficient (Wildman–Crippen LogP) is 0.0515. The van der Waals surface area contributed by atoms with Gasteiger partial charge in [-0.25, -0.2) is 13.4 Å². The van der Waals surface area contributed by atoms with Gasteiger partial charge in [0.15, 0.2) is 5.03 Å². The van der Waals surface area contributed by atoms with Gasteiger partial charge in [0, 0.05) is 33.9 Å². The van der Waals surface area contributed by atoms with Gasteiger partial charge in [0.05, 0.1) is 6.33 Å². The molecule has 8 heteroatoms. The molecule has 2 heterocycles. The second-order valence-electron chi connectivity index (χ2n) is 5.24. The van der Waals surface area contributed by atoms with Crippen LogP contribution in [0.1, 0.15) is 19.3 Å². The lowest BCUT2D eigenvalue weighted by atomic mass is 10.0. The number of aryl methyl sites for hydroxylation is 1. The molecule has 0 spiro atoms. The number of amides is 1. The van der Waals surface area contributed by atoms with Crippen LogP contribution in [-0.4, -0.2) is 59.8 Å². The molecule has 2 rings (SSSR count). The Kier molecular flexibility index (Phi) is 4.14. The number of rotatable bonds is 3. The van der Waals surface area contributed by atoms with Gasteiger partial charge in [0.1, 0.15) is 6.04 Å². The molecule has 0 N–H and O–H groups in total. The summed E-state index contributed by atoms with van der Waals surface area (Å²) in [6.45, 7) is 0.364. The van der Waals surface area contributed by atoms with Crippen molar-refractivity contribution in [1.29, 1.82) is 0 Å². The van der Waals surface area contributed by atoms with Gasteiger partial charge in [0.25, 0.3) is 10.0 Å². The van der Waals surface area contributed by atoms with Crippen molar-refractivity contribution in [2.45, 2.75) is 30.3 Å². The molecule has 1 aromatic rings. The molecule has 0 bridgehead atoms. The average Bonchev–Trinajstić information content (AvgIpc) is 2.85. The first-order valence-corrected chi connectivity index (χ1v) is 7.99. The third-order valence-corrected chi connectivity index (χ3v) is 5.23. The number of imidazole rings is 1. The van der Waals surface area contributed by atoms with E-state index in [2.05, 4.69) is 4.98 Å². The highest BCUT2D eigenvalue weighted by Crippen LogP contribution is 2.25. The summed E-state index contributed by atoms with van der Waals surface area (Å²) in [4.78, 5) is 17.5. The maximum atomic E-state index is 12.6. The Hall–Kier alpha value is -1.41. The fourth-order valence-corrected chi connectivity index (χ4v) is 4.00. The lowest BCUT2D eigenvalue weighted by Crippen LogP contribution is -2.51. The summed E-state index contributed by atoms with van der Waals surface area (Å²) in [5.74, 6) is -0.177. The molecule has 0 aromatic carbocycles. The van der Waals surface area contributed by atoms with E-state index in [4.69, 9.17) is 0 Å². The van der Waals surface area contributed by atoms with Crippen LogP contribution in [0.5, 0.6) is 0 Å². The molecule has 1 fully saturated rings. The second kappa shape index (κ2) is 5.53. The number of carbonyl (C=O) groups excluding carboxylic acids is 1. The highest BCUT2D eigenvalue weighted by Gasteiger charge is 2.39. The predicted molar refractivity (Wildman–Crippen MR) is 73.4 cm³/mol. The maximum Gasteiger partial charge on any atom is 0.262 e. The number of likely N-dealkylation sites (N-methyl/N-ethyl adjacent to an activating group) is 1. The average molecular weight is 300 g/mol. The molecular formula is C12H20N4O3S. The van der Waals surface area contributed by atoms with Gasteiger partial charge < -0.3 is 9.47 Å². The van der Waals surface area contributed by atoms with Crippen molar-refractivity contribution in [2.75, 3.05) is 20.6 Å². The zero-order chi connectivity index (χ0) is 14.9. The summed E-state index contributed by atoms with van der Waals surface area (Å²) >= 11 is 0. The molecule has 1 aliphatic heterocycles. The lowest BCUT2D eigenvalue weighted by molar-refractivity contribution is -0.133. The number of aromatic nitrogens is 2. The number of piperidine rings is 1. The van der Waals surface area contributed by atoms with E-state index in [1.165, 1.54) is 21.7 Å². The fraction of sp³-hybridized carbons (Fsp3) is 0.667. The summed E-state index contributed by atoms with van der Waals surface area (Å²) in [7, 11) is 1.28. The first-order valence-electron chi connectivity index (χ1n) is 6.55. The number of sulfonamides is 1. The molecular weight excluding hydrogens is 280 g/mol. The van der Waals surface area contributed by atoms with Gasteiger partial charge in [-0.05, 0) is 12.8 Å². The minimum atomic E-state index is -3.72. The Balaban J connectivity index is 2.34. The summed E-state index contributed by atoms with van der Waals surface area (Å²) in [6, 6.07) is -0.620. The van der Waals surface area contributed by atoms with E-state index in [1.807, 2.05) is 0 Å². The van der Waals surface area contributed by atoms with Gasteiger partial charge in [-0.15, -0.1) is 0 Å². The fourth-order valence-electron chi connectivity index (χ4n) is 2.38. The Labute approximate surface area is 119 Å². The van der Waals surface area contributed by atoms with Crippen molar-refractivity contribution in [3.05, 3.63) is 12.5 Å². The Morgan fingerprint density at radius 1 is 1.40 bits per heavy atom. The van der Waals surface area contributed by atoms with Gasteiger partial charge in [0.2, 0.25) is 5.91 Å². The van der Waals surface area contributed by atoms with Crippen LogP contribution in [-0.2, 0) is 21.9 Å². The molecule has 0 unspecified atom stereocenters. The summed E-state index contributed by atoms with van der Waals surface area (Å²) in [5.41, 5.74) is 0. The molecule has 1 aromatic heterocycles. The molecule has 1 amide bonds. The molecule has 1 aliphatic rings. The van der Waals surface area contributed by atoms with E-state index >= 15 is 0 Å². The minimum Gasteiger partial charge on any atom is -0.347 e. The minimum absolute atomic E-state index is 0.00143.